The first-order valence-electron chi connectivity index (χ1n) is 16.3. The smallest absolute Gasteiger partial charge is 0.508 e. The van der Waals surface area contributed by atoms with Crippen LogP contribution in [-0.4, -0.2) is 51.2 Å². The Morgan fingerprint density at radius 3 is 1.74 bits per heavy atom. The fourth-order valence-corrected chi connectivity index (χ4v) is 4.63. The molecule has 9 nitrogen and oxygen atoms in total. The first-order valence-corrected chi connectivity index (χ1v) is 16.3. The monoisotopic (exact) mass is 628 g/mol. The number of carbonyl (C=O) groups is 3. The molecule has 0 saturated carbocycles. The minimum atomic E-state index is -0.953. The van der Waals surface area contributed by atoms with Gasteiger partial charge in [0.2, 0.25) is 0 Å². The molecule has 10 heteroatoms. The molecule has 1 aromatic heterocycles. The number of pyridine rings is 1. The number of esters is 1. The van der Waals surface area contributed by atoms with E-state index in [1.165, 1.54) is 97.0 Å². The largest absolute Gasteiger partial charge is 1.00 e. The Balaban J connectivity index is 0.0000176. The molecule has 0 aliphatic rings. The number of rotatable bonds is 26. The molecule has 0 spiro atoms. The number of ether oxygens (including phenoxy) is 4. The standard InChI is InChI=1S/C33H56N2O7.ClH/c1-3-4-5-6-7-8-9-10-11-12-13-14-15-16-17-19-24-34-32(37)41-29-30(42-33(38)39-2)28-40-31(36)23-22-27-35-25-20-18-21-26-35;/h18,20-21,25-26,30H,3-17,19,22-24,27-29H2,1-2H3;1H. The Morgan fingerprint density at radius 2 is 1.21 bits per heavy atom. The summed E-state index contributed by atoms with van der Waals surface area (Å²) < 4.78 is 22.0. The molecular weight excluding hydrogens is 572 g/mol. The molecule has 0 aliphatic carbocycles. The number of alkyl carbamates (subject to hydrolysis) is 1. The Labute approximate surface area is 266 Å². The van der Waals surface area contributed by atoms with Gasteiger partial charge in [0.1, 0.15) is 19.8 Å². The van der Waals surface area contributed by atoms with Gasteiger partial charge in [-0.1, -0.05) is 109 Å². The van der Waals surface area contributed by atoms with Gasteiger partial charge in [-0.05, 0) is 6.42 Å². The van der Waals surface area contributed by atoms with E-state index in [2.05, 4.69) is 17.0 Å². The number of aryl methyl sites for hydroxylation is 1. The highest BCUT2D eigenvalue weighted by atomic mass is 35.5. The second-order valence-corrected chi connectivity index (χ2v) is 10.9. The summed E-state index contributed by atoms with van der Waals surface area (Å²) in [6.07, 6.45) is 22.9. The van der Waals surface area contributed by atoms with Gasteiger partial charge in [0, 0.05) is 25.1 Å². The van der Waals surface area contributed by atoms with Gasteiger partial charge < -0.3 is 36.7 Å². The summed E-state index contributed by atoms with van der Waals surface area (Å²) in [6, 6.07) is 5.77. The van der Waals surface area contributed by atoms with Crippen LogP contribution >= 0.6 is 0 Å². The summed E-state index contributed by atoms with van der Waals surface area (Å²) in [5.74, 6) is -0.419. The van der Waals surface area contributed by atoms with Crippen LogP contribution in [0.3, 0.4) is 0 Å². The van der Waals surface area contributed by atoms with Crippen molar-refractivity contribution in [2.24, 2.45) is 0 Å². The number of hydrogen-bond donors (Lipinski definition) is 1. The molecule has 1 rings (SSSR count). The fraction of sp³-hybridized carbons (Fsp3) is 0.758. The fourth-order valence-electron chi connectivity index (χ4n) is 4.63. The van der Waals surface area contributed by atoms with E-state index in [-0.39, 0.29) is 32.0 Å². The molecule has 0 aromatic carbocycles. The molecule has 1 unspecified atom stereocenters. The van der Waals surface area contributed by atoms with Crippen molar-refractivity contribution >= 4 is 18.2 Å². The van der Waals surface area contributed by atoms with Crippen LogP contribution in [0, 0.1) is 0 Å². The topological polar surface area (TPSA) is 104 Å². The van der Waals surface area contributed by atoms with Crippen molar-refractivity contribution in [3.05, 3.63) is 30.6 Å². The molecule has 0 radical (unpaired) electrons. The third-order valence-corrected chi connectivity index (χ3v) is 7.13. The second-order valence-electron chi connectivity index (χ2n) is 10.9. The minimum Gasteiger partial charge on any atom is -1.00 e. The number of halogens is 1. The van der Waals surface area contributed by atoms with Crippen LogP contribution in [0.5, 0.6) is 0 Å². The third-order valence-electron chi connectivity index (χ3n) is 7.13. The van der Waals surface area contributed by atoms with E-state index in [4.69, 9.17) is 14.2 Å². The van der Waals surface area contributed by atoms with Crippen molar-refractivity contribution in [3.8, 4) is 0 Å². The molecule has 1 atom stereocenters. The first kappa shape index (κ1) is 40.5. The zero-order chi connectivity index (χ0) is 30.5. The van der Waals surface area contributed by atoms with Crippen LogP contribution in [0.1, 0.15) is 122 Å². The number of nitrogens with zero attached hydrogens (tertiary/aromatic N) is 1. The van der Waals surface area contributed by atoms with Crippen molar-refractivity contribution < 1.29 is 50.3 Å². The Bertz CT molecular complexity index is 814. The summed E-state index contributed by atoms with van der Waals surface area (Å²) >= 11 is 0. The van der Waals surface area contributed by atoms with E-state index in [0.717, 1.165) is 12.8 Å². The molecular formula is C33H57ClN2O7. The van der Waals surface area contributed by atoms with Crippen LogP contribution in [0.4, 0.5) is 9.59 Å². The predicted molar refractivity (Wildman–Crippen MR) is 163 cm³/mol. The Hall–Kier alpha value is -2.55. The predicted octanol–water partition coefficient (Wildman–Crippen LogP) is 4.44. The lowest BCUT2D eigenvalue weighted by atomic mass is 10.0. The van der Waals surface area contributed by atoms with Crippen LogP contribution in [-0.2, 0) is 30.3 Å². The van der Waals surface area contributed by atoms with Crippen LogP contribution in [0.25, 0.3) is 0 Å². The molecule has 0 aliphatic heterocycles. The lowest BCUT2D eigenvalue weighted by Crippen LogP contribution is -3.00. The molecule has 0 bridgehead atoms. The van der Waals surface area contributed by atoms with Crippen molar-refractivity contribution in [1.29, 1.82) is 0 Å². The summed E-state index contributed by atoms with van der Waals surface area (Å²) in [7, 11) is 1.18. The summed E-state index contributed by atoms with van der Waals surface area (Å²) in [5, 5.41) is 2.72. The van der Waals surface area contributed by atoms with Crippen LogP contribution in [0.2, 0.25) is 0 Å². The average molecular weight is 629 g/mol. The van der Waals surface area contributed by atoms with Crippen LogP contribution in [0.15, 0.2) is 30.6 Å². The van der Waals surface area contributed by atoms with Gasteiger partial charge in [-0.25, -0.2) is 14.2 Å². The van der Waals surface area contributed by atoms with E-state index in [9.17, 15) is 14.4 Å². The zero-order valence-corrected chi connectivity index (χ0v) is 27.5. The molecule has 1 aromatic rings. The number of carbonyl (C=O) groups excluding carboxylic acids is 3. The Morgan fingerprint density at radius 1 is 0.698 bits per heavy atom. The second kappa shape index (κ2) is 29.5. The van der Waals surface area contributed by atoms with E-state index < -0.39 is 24.3 Å². The molecule has 1 amide bonds. The third kappa shape index (κ3) is 25.6. The maximum atomic E-state index is 12.1. The van der Waals surface area contributed by atoms with Gasteiger partial charge in [-0.15, -0.1) is 0 Å². The number of methoxy groups -OCH3 is 1. The van der Waals surface area contributed by atoms with Gasteiger partial charge in [0.15, 0.2) is 18.5 Å². The van der Waals surface area contributed by atoms with Gasteiger partial charge in [0.05, 0.1) is 13.5 Å². The normalized spacial score (nSPS) is 11.2. The zero-order valence-electron chi connectivity index (χ0n) is 26.7. The minimum absolute atomic E-state index is 0. The van der Waals surface area contributed by atoms with E-state index >= 15 is 0 Å². The molecule has 1 heterocycles. The van der Waals surface area contributed by atoms with Gasteiger partial charge >= 0.3 is 18.2 Å². The van der Waals surface area contributed by atoms with Gasteiger partial charge in [0.25, 0.3) is 0 Å². The SMILES string of the molecule is CCCCCCCCCCCCCCCCCCNC(=O)OCC(COC(=O)CCC[n+]1ccccc1)OC(=O)OC.[Cl-]. The summed E-state index contributed by atoms with van der Waals surface area (Å²) in [6.45, 7) is 3.00. The van der Waals surface area contributed by atoms with Crippen LogP contribution < -0.4 is 22.3 Å². The molecule has 1 N–H and O–H groups in total. The first-order chi connectivity index (χ1) is 20.5. The van der Waals surface area contributed by atoms with Crippen molar-refractivity contribution in [3.63, 3.8) is 0 Å². The quantitative estimate of drug-likeness (QED) is 0.0700. The number of hydrogen-bond acceptors (Lipinski definition) is 7. The van der Waals surface area contributed by atoms with Gasteiger partial charge in [-0.2, -0.15) is 0 Å². The number of amides is 1. The van der Waals surface area contributed by atoms with E-state index in [0.29, 0.717) is 19.5 Å². The highest BCUT2D eigenvalue weighted by Gasteiger charge is 2.20. The lowest BCUT2D eigenvalue weighted by molar-refractivity contribution is -0.697. The van der Waals surface area contributed by atoms with Crippen molar-refractivity contribution in [1.82, 2.24) is 5.32 Å². The number of nitrogens with one attached hydrogen (secondary N) is 1. The maximum absolute atomic E-state index is 12.1. The summed E-state index contributed by atoms with van der Waals surface area (Å²) in [5.41, 5.74) is 0. The Kier molecular flexibility index (Phi) is 27.8. The number of unbranched alkanes of at least 4 members (excludes halogenated alkanes) is 15. The highest BCUT2D eigenvalue weighted by molar-refractivity contribution is 5.69. The summed E-state index contributed by atoms with van der Waals surface area (Å²) in [4.78, 5) is 35.7. The van der Waals surface area contributed by atoms with Crippen molar-refractivity contribution in [2.75, 3.05) is 26.9 Å². The lowest BCUT2D eigenvalue weighted by Gasteiger charge is -2.17. The van der Waals surface area contributed by atoms with Gasteiger partial charge in [-0.3, -0.25) is 4.79 Å². The molecule has 248 valence electrons. The number of aromatic nitrogens is 1. The van der Waals surface area contributed by atoms with E-state index in [1.54, 1.807) is 0 Å². The molecule has 0 saturated heterocycles. The molecule has 43 heavy (non-hydrogen) atoms. The van der Waals surface area contributed by atoms with Crippen molar-refractivity contribution in [2.45, 2.75) is 135 Å². The average Bonchev–Trinajstić information content (AvgIpc) is 3.00. The highest BCUT2D eigenvalue weighted by Crippen LogP contribution is 2.13. The van der Waals surface area contributed by atoms with E-state index in [1.807, 2.05) is 35.2 Å². The molecule has 0 fully saturated rings. The maximum Gasteiger partial charge on any atom is 0.508 e.